The van der Waals surface area contributed by atoms with Crippen molar-refractivity contribution in [2.24, 2.45) is 0 Å². The molecule has 0 saturated carbocycles. The van der Waals surface area contributed by atoms with Crippen molar-refractivity contribution < 1.29 is 14.2 Å². The summed E-state index contributed by atoms with van der Waals surface area (Å²) in [6.45, 7) is 6.06. The Kier molecular flexibility index (Phi) is 7.28. The maximum Gasteiger partial charge on any atom is 0.186 e. The summed E-state index contributed by atoms with van der Waals surface area (Å²) in [5.74, 6) is 1.70. The molecule has 0 amide bonds. The van der Waals surface area contributed by atoms with E-state index < -0.39 is 0 Å². The average molecular weight is 398 g/mol. The summed E-state index contributed by atoms with van der Waals surface area (Å²) in [5, 5.41) is 2.99. The fraction of sp³-hybridized carbons (Fsp3) is 0.273. The largest absolute Gasteiger partial charge is 0.497 e. The number of aromatic nitrogens is 1. The first-order valence-electron chi connectivity index (χ1n) is 9.04. The van der Waals surface area contributed by atoms with Crippen molar-refractivity contribution in [3.63, 3.8) is 0 Å². The molecule has 5 nitrogen and oxygen atoms in total. The molecular formula is C22H25N2O3S. The SMILES string of the molecule is [CH2]COCc1csc(N(Cc2cccc(OC)c2)Cc2cccc(OC)c2)n1. The third-order valence-corrected chi connectivity index (χ3v) is 5.17. The van der Waals surface area contributed by atoms with E-state index in [1.165, 1.54) is 0 Å². The molecule has 6 heteroatoms. The van der Waals surface area contributed by atoms with Crippen molar-refractivity contribution in [1.29, 1.82) is 0 Å². The summed E-state index contributed by atoms with van der Waals surface area (Å²) in [6.07, 6.45) is 0. The molecule has 0 aliphatic carbocycles. The number of anilines is 1. The Balaban J connectivity index is 1.85. The lowest BCUT2D eigenvalue weighted by atomic mass is 10.1. The number of nitrogens with zero attached hydrogens (tertiary/aromatic N) is 2. The number of hydrogen-bond acceptors (Lipinski definition) is 6. The van der Waals surface area contributed by atoms with E-state index in [2.05, 4.69) is 36.1 Å². The van der Waals surface area contributed by atoms with Gasteiger partial charge in [0.05, 0.1) is 26.5 Å². The molecule has 2 aromatic carbocycles. The van der Waals surface area contributed by atoms with Crippen molar-refractivity contribution >= 4 is 16.5 Å². The Labute approximate surface area is 170 Å². The van der Waals surface area contributed by atoms with E-state index in [4.69, 9.17) is 19.2 Å². The molecule has 0 aliphatic rings. The number of methoxy groups -OCH3 is 2. The standard InChI is InChI=1S/C22H25N2O3S/c1-4-27-15-19-16-28-22(23-19)24(13-17-7-5-9-20(11-17)25-2)14-18-8-6-10-21(12-18)26-3/h5-12,16H,1,4,13-15H2,2-3H3. The van der Waals surface area contributed by atoms with Crippen LogP contribution in [0.2, 0.25) is 0 Å². The molecule has 1 aromatic heterocycles. The lowest BCUT2D eigenvalue weighted by Crippen LogP contribution is -2.22. The molecule has 28 heavy (non-hydrogen) atoms. The molecule has 3 rings (SSSR count). The van der Waals surface area contributed by atoms with Crippen LogP contribution in [0.3, 0.4) is 0 Å². The van der Waals surface area contributed by atoms with Crippen LogP contribution in [-0.4, -0.2) is 25.8 Å². The van der Waals surface area contributed by atoms with Crippen molar-refractivity contribution in [3.05, 3.63) is 77.7 Å². The van der Waals surface area contributed by atoms with Gasteiger partial charge in [0, 0.05) is 25.1 Å². The van der Waals surface area contributed by atoms with Gasteiger partial charge in [0.15, 0.2) is 5.13 Å². The second-order valence-corrected chi connectivity index (χ2v) is 7.07. The van der Waals surface area contributed by atoms with Crippen LogP contribution in [-0.2, 0) is 24.4 Å². The van der Waals surface area contributed by atoms with E-state index in [1.807, 2.05) is 29.6 Å². The van der Waals surface area contributed by atoms with Gasteiger partial charge < -0.3 is 19.1 Å². The quantitative estimate of drug-likeness (QED) is 0.495. The summed E-state index contributed by atoms with van der Waals surface area (Å²) in [5.41, 5.74) is 3.24. The van der Waals surface area contributed by atoms with E-state index in [0.29, 0.717) is 13.2 Å². The molecule has 1 radical (unpaired) electrons. The Morgan fingerprint density at radius 2 is 1.57 bits per heavy atom. The summed E-state index contributed by atoms with van der Waals surface area (Å²) in [4.78, 5) is 7.01. The molecule has 0 aliphatic heterocycles. The zero-order chi connectivity index (χ0) is 19.8. The second kappa shape index (κ2) is 10.1. The van der Waals surface area contributed by atoms with Gasteiger partial charge in [-0.3, -0.25) is 0 Å². The molecule has 1 heterocycles. The Bertz CT molecular complexity index is 832. The zero-order valence-electron chi connectivity index (χ0n) is 16.3. The van der Waals surface area contributed by atoms with Gasteiger partial charge in [-0.2, -0.15) is 0 Å². The van der Waals surface area contributed by atoms with Gasteiger partial charge in [-0.25, -0.2) is 4.98 Å². The predicted molar refractivity (Wildman–Crippen MR) is 113 cm³/mol. The minimum absolute atomic E-state index is 0.435. The van der Waals surface area contributed by atoms with Crippen LogP contribution in [0, 0.1) is 6.92 Å². The lowest BCUT2D eigenvalue weighted by Gasteiger charge is -2.22. The van der Waals surface area contributed by atoms with Crippen LogP contribution < -0.4 is 14.4 Å². The minimum Gasteiger partial charge on any atom is -0.497 e. The first kappa shape index (κ1) is 20.2. The molecule has 0 N–H and O–H groups in total. The maximum atomic E-state index is 5.39. The van der Waals surface area contributed by atoms with Crippen LogP contribution in [0.15, 0.2) is 53.9 Å². The van der Waals surface area contributed by atoms with Gasteiger partial charge in [0.25, 0.3) is 0 Å². The smallest absolute Gasteiger partial charge is 0.186 e. The van der Waals surface area contributed by atoms with Crippen LogP contribution in [0.4, 0.5) is 5.13 Å². The molecule has 0 saturated heterocycles. The maximum absolute atomic E-state index is 5.39. The first-order valence-corrected chi connectivity index (χ1v) is 9.92. The van der Waals surface area contributed by atoms with E-state index in [1.54, 1.807) is 25.6 Å². The van der Waals surface area contributed by atoms with Crippen LogP contribution >= 0.6 is 11.3 Å². The predicted octanol–water partition coefficient (Wildman–Crippen LogP) is 4.72. The topological polar surface area (TPSA) is 43.8 Å². The average Bonchev–Trinajstić information content (AvgIpc) is 3.21. The van der Waals surface area contributed by atoms with Crippen molar-refractivity contribution in [3.8, 4) is 11.5 Å². The summed E-state index contributed by atoms with van der Waals surface area (Å²) < 4.78 is 16.1. The van der Waals surface area contributed by atoms with E-state index in [-0.39, 0.29) is 0 Å². The highest BCUT2D eigenvalue weighted by Gasteiger charge is 2.14. The van der Waals surface area contributed by atoms with Crippen LogP contribution in [0.1, 0.15) is 16.8 Å². The Morgan fingerprint density at radius 1 is 0.964 bits per heavy atom. The third kappa shape index (κ3) is 5.47. The number of thiazole rings is 1. The molecule has 0 spiro atoms. The summed E-state index contributed by atoms with van der Waals surface area (Å²) in [7, 11) is 3.37. The van der Waals surface area contributed by atoms with Gasteiger partial charge in [0.1, 0.15) is 11.5 Å². The Morgan fingerprint density at radius 3 is 2.11 bits per heavy atom. The first-order chi connectivity index (χ1) is 13.7. The zero-order valence-corrected chi connectivity index (χ0v) is 17.1. The van der Waals surface area contributed by atoms with Gasteiger partial charge in [0.2, 0.25) is 0 Å². The number of ether oxygens (including phenoxy) is 3. The molecule has 0 bridgehead atoms. The van der Waals surface area contributed by atoms with Gasteiger partial charge in [-0.1, -0.05) is 24.3 Å². The molecule has 3 aromatic rings. The van der Waals surface area contributed by atoms with E-state index in [9.17, 15) is 0 Å². The van der Waals surface area contributed by atoms with Crippen molar-refractivity contribution in [1.82, 2.24) is 4.98 Å². The van der Waals surface area contributed by atoms with Gasteiger partial charge in [-0.05, 0) is 42.3 Å². The molecule has 0 unspecified atom stereocenters. The van der Waals surface area contributed by atoms with Crippen LogP contribution in [0.25, 0.3) is 0 Å². The van der Waals surface area contributed by atoms with Gasteiger partial charge >= 0.3 is 0 Å². The molecule has 0 fully saturated rings. The number of hydrogen-bond donors (Lipinski definition) is 0. The normalized spacial score (nSPS) is 10.7. The molecular weight excluding hydrogens is 372 g/mol. The summed E-state index contributed by atoms with van der Waals surface area (Å²) in [6, 6.07) is 16.2. The fourth-order valence-electron chi connectivity index (χ4n) is 2.86. The fourth-order valence-corrected chi connectivity index (χ4v) is 3.67. The highest BCUT2D eigenvalue weighted by Crippen LogP contribution is 2.26. The highest BCUT2D eigenvalue weighted by atomic mass is 32.1. The lowest BCUT2D eigenvalue weighted by molar-refractivity contribution is 0.145. The van der Waals surface area contributed by atoms with Crippen molar-refractivity contribution in [2.45, 2.75) is 19.7 Å². The number of benzene rings is 2. The monoisotopic (exact) mass is 397 g/mol. The second-order valence-electron chi connectivity index (χ2n) is 6.23. The third-order valence-electron chi connectivity index (χ3n) is 4.22. The highest BCUT2D eigenvalue weighted by molar-refractivity contribution is 7.13. The van der Waals surface area contributed by atoms with E-state index >= 15 is 0 Å². The Hall–Kier alpha value is -2.57. The van der Waals surface area contributed by atoms with Gasteiger partial charge in [-0.15, -0.1) is 11.3 Å². The van der Waals surface area contributed by atoms with E-state index in [0.717, 1.165) is 46.5 Å². The summed E-state index contributed by atoms with van der Waals surface area (Å²) >= 11 is 1.62. The van der Waals surface area contributed by atoms with Crippen LogP contribution in [0.5, 0.6) is 11.5 Å². The minimum atomic E-state index is 0.435. The molecule has 147 valence electrons. The molecule has 0 atom stereocenters. The van der Waals surface area contributed by atoms with Crippen molar-refractivity contribution in [2.75, 3.05) is 25.7 Å². The number of rotatable bonds is 10.